The van der Waals surface area contributed by atoms with E-state index >= 15 is 0 Å². The molecule has 0 aliphatic heterocycles. The van der Waals surface area contributed by atoms with Gasteiger partial charge in [-0.3, -0.25) is 10.1 Å². The first-order valence-corrected chi connectivity index (χ1v) is 8.86. The molecule has 0 unspecified atom stereocenters. The number of nitrogens with one attached hydrogen (secondary N) is 1. The largest absolute Gasteiger partial charge is 0.272 e. The molecule has 1 aromatic heterocycles. The molecule has 3 aromatic carbocycles. The average molecular weight is 371 g/mol. The number of aromatic amines is 1. The summed E-state index contributed by atoms with van der Waals surface area (Å²) in [5.74, 6) is 0.507. The Balaban J connectivity index is 1.67. The van der Waals surface area contributed by atoms with E-state index in [-0.39, 0.29) is 10.6 Å². The van der Waals surface area contributed by atoms with Crippen LogP contribution in [-0.2, 0) is 12.8 Å². The van der Waals surface area contributed by atoms with Crippen molar-refractivity contribution < 1.29 is 4.92 Å². The Morgan fingerprint density at radius 1 is 0.857 bits per heavy atom. The summed E-state index contributed by atoms with van der Waals surface area (Å²) in [5.41, 5.74) is 4.71. The van der Waals surface area contributed by atoms with E-state index in [0.29, 0.717) is 12.2 Å². The summed E-state index contributed by atoms with van der Waals surface area (Å²) in [6.07, 6.45) is 1.34. The maximum atomic E-state index is 11.5. The summed E-state index contributed by atoms with van der Waals surface area (Å²) in [4.78, 5) is 11.1. The molecule has 0 amide bonds. The third-order valence-electron chi connectivity index (χ3n) is 4.60. The Bertz CT molecular complexity index is 1100. The van der Waals surface area contributed by atoms with Crippen LogP contribution in [0.4, 0.5) is 5.69 Å². The van der Waals surface area contributed by atoms with Crippen LogP contribution in [0.2, 0.25) is 0 Å². The maximum Gasteiger partial charge on any atom is 0.272 e. The highest BCUT2D eigenvalue weighted by Gasteiger charge is 2.15. The first-order chi connectivity index (χ1) is 13.7. The van der Waals surface area contributed by atoms with E-state index in [1.165, 1.54) is 0 Å². The predicted molar refractivity (Wildman–Crippen MR) is 106 cm³/mol. The number of benzene rings is 3. The zero-order valence-corrected chi connectivity index (χ0v) is 14.9. The first kappa shape index (κ1) is 17.5. The SMILES string of the molecule is O=[N+]([O-])c1ccc(-c2cccc(-c3nn[nH]n3)c2)cc1CCc1ccccc1. The lowest BCUT2D eigenvalue weighted by Gasteiger charge is -2.08. The summed E-state index contributed by atoms with van der Waals surface area (Å²) in [7, 11) is 0. The maximum absolute atomic E-state index is 11.5. The van der Waals surface area contributed by atoms with Crippen LogP contribution in [0.25, 0.3) is 22.5 Å². The molecule has 4 rings (SSSR count). The van der Waals surface area contributed by atoms with Crippen molar-refractivity contribution in [2.75, 3.05) is 0 Å². The Morgan fingerprint density at radius 2 is 1.64 bits per heavy atom. The second-order valence-corrected chi connectivity index (χ2v) is 6.40. The van der Waals surface area contributed by atoms with Gasteiger partial charge in [-0.05, 0) is 52.9 Å². The number of tetrazole rings is 1. The van der Waals surface area contributed by atoms with Crippen LogP contribution in [0.3, 0.4) is 0 Å². The minimum absolute atomic E-state index is 0.147. The molecule has 1 heterocycles. The van der Waals surface area contributed by atoms with Gasteiger partial charge in [0.15, 0.2) is 0 Å². The van der Waals surface area contributed by atoms with Crippen molar-refractivity contribution in [2.24, 2.45) is 0 Å². The van der Waals surface area contributed by atoms with Gasteiger partial charge in [-0.1, -0.05) is 48.5 Å². The molecule has 7 nitrogen and oxygen atoms in total. The van der Waals surface area contributed by atoms with E-state index in [1.54, 1.807) is 12.1 Å². The van der Waals surface area contributed by atoms with Crippen LogP contribution >= 0.6 is 0 Å². The Morgan fingerprint density at radius 3 is 2.39 bits per heavy atom. The number of nitro groups is 1. The van der Waals surface area contributed by atoms with Gasteiger partial charge in [0.1, 0.15) is 0 Å². The Hall–Kier alpha value is -3.87. The quantitative estimate of drug-likeness (QED) is 0.404. The number of hydrogen-bond acceptors (Lipinski definition) is 5. The van der Waals surface area contributed by atoms with E-state index in [1.807, 2.05) is 60.7 Å². The standard InChI is InChI=1S/C21H17N5O2/c27-26(28)20-12-11-17(13-18(20)10-9-15-5-2-1-3-6-15)16-7-4-8-19(14-16)21-22-24-25-23-21/h1-8,11-14H,9-10H2,(H,22,23,24,25). The molecule has 1 N–H and O–H groups in total. The van der Waals surface area contributed by atoms with E-state index in [4.69, 9.17) is 0 Å². The number of aromatic nitrogens is 4. The van der Waals surface area contributed by atoms with E-state index in [2.05, 4.69) is 20.6 Å². The smallest absolute Gasteiger partial charge is 0.258 e. The fourth-order valence-electron chi connectivity index (χ4n) is 3.19. The van der Waals surface area contributed by atoms with Gasteiger partial charge < -0.3 is 0 Å². The van der Waals surface area contributed by atoms with Gasteiger partial charge in [0.2, 0.25) is 5.82 Å². The minimum Gasteiger partial charge on any atom is -0.258 e. The first-order valence-electron chi connectivity index (χ1n) is 8.86. The van der Waals surface area contributed by atoms with Crippen molar-refractivity contribution in [1.82, 2.24) is 20.6 Å². The van der Waals surface area contributed by atoms with Gasteiger partial charge >= 0.3 is 0 Å². The van der Waals surface area contributed by atoms with Crippen LogP contribution in [0.15, 0.2) is 72.8 Å². The number of nitrogens with zero attached hydrogens (tertiary/aromatic N) is 4. The zero-order chi connectivity index (χ0) is 19.3. The lowest BCUT2D eigenvalue weighted by molar-refractivity contribution is -0.385. The summed E-state index contributed by atoms with van der Waals surface area (Å²) in [6, 6.07) is 23.0. The van der Waals surface area contributed by atoms with Gasteiger partial charge in [0.05, 0.1) is 4.92 Å². The van der Waals surface area contributed by atoms with Crippen LogP contribution < -0.4 is 0 Å². The van der Waals surface area contributed by atoms with Gasteiger partial charge in [-0.25, -0.2) is 0 Å². The van der Waals surface area contributed by atoms with Gasteiger partial charge in [-0.15, -0.1) is 10.2 Å². The Labute approximate surface area is 161 Å². The van der Waals surface area contributed by atoms with Crippen molar-refractivity contribution in [2.45, 2.75) is 12.8 Å². The molecule has 138 valence electrons. The highest BCUT2D eigenvalue weighted by molar-refractivity contribution is 5.71. The molecule has 0 fully saturated rings. The second-order valence-electron chi connectivity index (χ2n) is 6.40. The summed E-state index contributed by atoms with van der Waals surface area (Å²) >= 11 is 0. The Kier molecular flexibility index (Phi) is 4.88. The van der Waals surface area contributed by atoms with E-state index in [0.717, 1.165) is 34.2 Å². The van der Waals surface area contributed by atoms with Crippen LogP contribution in [0.5, 0.6) is 0 Å². The molecule has 0 aliphatic carbocycles. The summed E-state index contributed by atoms with van der Waals surface area (Å²) in [6.45, 7) is 0. The molecular weight excluding hydrogens is 354 g/mol. The molecule has 0 saturated carbocycles. The monoisotopic (exact) mass is 371 g/mol. The normalized spacial score (nSPS) is 10.7. The number of hydrogen-bond donors (Lipinski definition) is 1. The molecule has 4 aromatic rings. The molecular formula is C21H17N5O2. The average Bonchev–Trinajstić information content (AvgIpc) is 3.28. The lowest BCUT2D eigenvalue weighted by atomic mass is 9.97. The fourth-order valence-corrected chi connectivity index (χ4v) is 3.19. The van der Waals surface area contributed by atoms with Crippen molar-refractivity contribution in [3.8, 4) is 22.5 Å². The van der Waals surface area contributed by atoms with E-state index < -0.39 is 0 Å². The zero-order valence-electron chi connectivity index (χ0n) is 14.9. The summed E-state index contributed by atoms with van der Waals surface area (Å²) < 4.78 is 0. The highest BCUT2D eigenvalue weighted by Crippen LogP contribution is 2.29. The number of H-pyrrole nitrogens is 1. The van der Waals surface area contributed by atoms with Gasteiger partial charge in [0.25, 0.3) is 5.69 Å². The van der Waals surface area contributed by atoms with E-state index in [9.17, 15) is 10.1 Å². The third kappa shape index (κ3) is 3.78. The predicted octanol–water partition coefficient (Wildman–Crippen LogP) is 4.23. The van der Waals surface area contributed by atoms with Crippen LogP contribution in [-0.4, -0.2) is 25.5 Å². The van der Waals surface area contributed by atoms with Crippen LogP contribution in [0.1, 0.15) is 11.1 Å². The number of nitro benzene ring substituents is 1. The van der Waals surface area contributed by atoms with Crippen molar-refractivity contribution in [1.29, 1.82) is 0 Å². The molecule has 0 bridgehead atoms. The lowest BCUT2D eigenvalue weighted by Crippen LogP contribution is -1.98. The second kappa shape index (κ2) is 7.79. The third-order valence-corrected chi connectivity index (χ3v) is 4.60. The topological polar surface area (TPSA) is 97.6 Å². The van der Waals surface area contributed by atoms with Crippen molar-refractivity contribution in [3.05, 3.63) is 94.0 Å². The minimum atomic E-state index is -0.320. The van der Waals surface area contributed by atoms with Crippen molar-refractivity contribution >= 4 is 5.69 Å². The van der Waals surface area contributed by atoms with Gasteiger partial charge in [-0.2, -0.15) is 5.21 Å². The summed E-state index contributed by atoms with van der Waals surface area (Å²) in [5, 5.41) is 25.5. The molecule has 0 saturated heterocycles. The fraction of sp³-hybridized carbons (Fsp3) is 0.0952. The molecule has 0 atom stereocenters. The molecule has 0 aliphatic rings. The highest BCUT2D eigenvalue weighted by atomic mass is 16.6. The molecule has 0 spiro atoms. The van der Waals surface area contributed by atoms with Crippen molar-refractivity contribution in [3.63, 3.8) is 0 Å². The number of rotatable bonds is 6. The molecule has 0 radical (unpaired) electrons. The van der Waals surface area contributed by atoms with Gasteiger partial charge in [0, 0.05) is 17.2 Å². The molecule has 7 heteroatoms. The number of aryl methyl sites for hydroxylation is 2. The molecule has 28 heavy (non-hydrogen) atoms. The van der Waals surface area contributed by atoms with Crippen LogP contribution in [0, 0.1) is 10.1 Å².